The highest BCUT2D eigenvalue weighted by Crippen LogP contribution is 2.66. The standard InChI is InChI=1S/C33H27Cl2F5N2O7/c1-13-6-5-7-16(27(13)45)20-14-9-10-15-19(29(47)41(28(15)46)11-4-2-3-8-18(43)44)17(14)12-32(34)30(48)42(31(49)33(20,32)35)26-24(39)22(37)21(36)23(38)25(26)40/h5-7,9,15,17,19-20,45H,2-4,8,10-12H2,1H3,(H,43,44). The third-order valence-corrected chi connectivity index (χ3v) is 11.6. The topological polar surface area (TPSA) is 132 Å². The van der Waals surface area contributed by atoms with Crippen LogP contribution >= 0.6 is 23.2 Å². The van der Waals surface area contributed by atoms with E-state index in [4.69, 9.17) is 28.3 Å². The number of hydrogen-bond donors (Lipinski definition) is 2. The van der Waals surface area contributed by atoms with E-state index in [0.29, 0.717) is 19.3 Å². The molecule has 6 rings (SSSR count). The van der Waals surface area contributed by atoms with Crippen molar-refractivity contribution in [3.8, 4) is 5.75 Å². The molecule has 2 saturated heterocycles. The number of carboxylic acids is 1. The maximum atomic E-state index is 15.1. The van der Waals surface area contributed by atoms with E-state index >= 15 is 8.78 Å². The Hall–Kier alpha value is -4.04. The Balaban J connectivity index is 1.48. The molecule has 4 aliphatic rings. The van der Waals surface area contributed by atoms with Crippen LogP contribution in [0.15, 0.2) is 29.8 Å². The molecular weight excluding hydrogens is 702 g/mol. The molecular formula is C33H27Cl2F5N2O7. The Labute approximate surface area is 285 Å². The number of aromatic hydroxyl groups is 1. The summed E-state index contributed by atoms with van der Waals surface area (Å²) >= 11 is 14.1. The van der Waals surface area contributed by atoms with Crippen LogP contribution in [0.2, 0.25) is 0 Å². The van der Waals surface area contributed by atoms with E-state index in [2.05, 4.69) is 0 Å². The number of carboxylic acid groups (broad SMARTS) is 1. The zero-order valence-electron chi connectivity index (χ0n) is 25.5. The van der Waals surface area contributed by atoms with E-state index < -0.39 is 110 Å². The minimum absolute atomic E-state index is 0.0225. The van der Waals surface area contributed by atoms with Gasteiger partial charge in [-0.1, -0.05) is 36.3 Å². The highest BCUT2D eigenvalue weighted by molar-refractivity contribution is 6.58. The number of benzene rings is 2. The van der Waals surface area contributed by atoms with Crippen molar-refractivity contribution in [1.29, 1.82) is 0 Å². The van der Waals surface area contributed by atoms with Crippen molar-refractivity contribution in [3.63, 3.8) is 0 Å². The van der Waals surface area contributed by atoms with Gasteiger partial charge < -0.3 is 10.2 Å². The number of nitrogens with zero attached hydrogens (tertiary/aromatic N) is 2. The van der Waals surface area contributed by atoms with Crippen LogP contribution < -0.4 is 4.90 Å². The summed E-state index contributed by atoms with van der Waals surface area (Å²) in [4.78, 5) is 62.1. The average Bonchev–Trinajstić information content (AvgIpc) is 3.38. The summed E-state index contributed by atoms with van der Waals surface area (Å²) in [6, 6.07) is 4.35. The van der Waals surface area contributed by atoms with Gasteiger partial charge in [0.05, 0.1) is 11.8 Å². The van der Waals surface area contributed by atoms with Crippen molar-refractivity contribution in [1.82, 2.24) is 4.90 Å². The molecule has 6 atom stereocenters. The number of carbonyl (C=O) groups excluding carboxylic acids is 4. The number of amides is 4. The Morgan fingerprint density at radius 3 is 2.16 bits per heavy atom. The van der Waals surface area contributed by atoms with Crippen LogP contribution in [0.5, 0.6) is 5.75 Å². The van der Waals surface area contributed by atoms with Gasteiger partial charge in [0.2, 0.25) is 17.6 Å². The Bertz CT molecular complexity index is 1860. The first-order chi connectivity index (χ1) is 23.0. The lowest BCUT2D eigenvalue weighted by Crippen LogP contribution is -2.60. The predicted molar refractivity (Wildman–Crippen MR) is 162 cm³/mol. The quantitative estimate of drug-likeness (QED) is 0.0688. The molecule has 260 valence electrons. The van der Waals surface area contributed by atoms with Crippen LogP contribution in [-0.4, -0.2) is 61.0 Å². The molecule has 6 unspecified atom stereocenters. The summed E-state index contributed by atoms with van der Waals surface area (Å²) in [6.07, 6.45) is 1.78. The third kappa shape index (κ3) is 4.80. The first-order valence-corrected chi connectivity index (χ1v) is 16.1. The molecule has 16 heteroatoms. The second-order valence-corrected chi connectivity index (χ2v) is 14.0. The monoisotopic (exact) mass is 728 g/mol. The number of aliphatic carboxylic acids is 1. The van der Waals surface area contributed by atoms with Gasteiger partial charge in [-0.05, 0) is 44.1 Å². The number of fused-ring (bicyclic) bond motifs is 4. The molecule has 0 spiro atoms. The zero-order chi connectivity index (χ0) is 35.9. The van der Waals surface area contributed by atoms with Gasteiger partial charge in [-0.3, -0.25) is 28.9 Å². The molecule has 0 aromatic heterocycles. The van der Waals surface area contributed by atoms with Crippen molar-refractivity contribution < 1.29 is 56.1 Å². The smallest absolute Gasteiger partial charge is 0.303 e. The fourth-order valence-electron chi connectivity index (χ4n) is 7.84. The molecule has 3 fully saturated rings. The molecule has 4 amide bonds. The molecule has 2 N–H and O–H groups in total. The summed E-state index contributed by atoms with van der Waals surface area (Å²) in [5.74, 6) is -22.9. The number of alkyl halides is 2. The number of carbonyl (C=O) groups is 5. The number of likely N-dealkylation sites (tertiary alicyclic amines) is 1. The van der Waals surface area contributed by atoms with Crippen molar-refractivity contribution in [2.24, 2.45) is 17.8 Å². The summed E-state index contributed by atoms with van der Waals surface area (Å²) < 4.78 is 73.0. The number of rotatable bonds is 8. The predicted octanol–water partition coefficient (Wildman–Crippen LogP) is 5.60. The van der Waals surface area contributed by atoms with Crippen molar-refractivity contribution in [2.45, 2.75) is 61.1 Å². The van der Waals surface area contributed by atoms with Gasteiger partial charge in [0, 0.05) is 24.4 Å². The first kappa shape index (κ1) is 34.8. The van der Waals surface area contributed by atoms with Crippen molar-refractivity contribution in [3.05, 3.63) is 70.1 Å². The van der Waals surface area contributed by atoms with E-state index in [0.717, 1.165) is 4.90 Å². The minimum atomic E-state index is -2.73. The number of allylic oxidation sites excluding steroid dienone is 2. The van der Waals surface area contributed by atoms with Gasteiger partial charge in [-0.25, -0.2) is 26.9 Å². The van der Waals surface area contributed by atoms with Gasteiger partial charge in [0.25, 0.3) is 11.8 Å². The number of unbranched alkanes of at least 4 members (excludes halogenated alkanes) is 2. The minimum Gasteiger partial charge on any atom is -0.507 e. The van der Waals surface area contributed by atoms with Crippen LogP contribution in [0.3, 0.4) is 0 Å². The number of aryl methyl sites for hydroxylation is 1. The number of imide groups is 2. The van der Waals surface area contributed by atoms with Gasteiger partial charge >= 0.3 is 5.97 Å². The van der Waals surface area contributed by atoms with Crippen LogP contribution in [-0.2, 0) is 24.0 Å². The molecule has 9 nitrogen and oxygen atoms in total. The van der Waals surface area contributed by atoms with Gasteiger partial charge in [-0.15, -0.1) is 23.2 Å². The van der Waals surface area contributed by atoms with Gasteiger partial charge in [0.1, 0.15) is 11.4 Å². The lowest BCUT2D eigenvalue weighted by atomic mass is 9.56. The molecule has 2 aromatic rings. The fraction of sp³-hybridized carbons (Fsp3) is 0.424. The SMILES string of the molecule is Cc1cccc(C2C3=CCC4C(=O)N(CCCCCC(=O)O)C(=O)C4C3CC3(Cl)C(=O)N(c4c(F)c(F)c(F)c(F)c4F)C(=O)C23Cl)c1O. The summed E-state index contributed by atoms with van der Waals surface area (Å²) in [5.41, 5.74) is -1.45. The average molecular weight is 729 g/mol. The molecule has 0 bridgehead atoms. The largest absolute Gasteiger partial charge is 0.507 e. The number of anilines is 1. The maximum absolute atomic E-state index is 15.1. The second kappa shape index (κ2) is 12.1. The molecule has 1 saturated carbocycles. The number of halogens is 7. The molecule has 2 aromatic carbocycles. The fourth-order valence-corrected chi connectivity index (χ4v) is 8.76. The van der Waals surface area contributed by atoms with Crippen LogP contribution in [0.4, 0.5) is 27.6 Å². The van der Waals surface area contributed by atoms with Crippen molar-refractivity contribution in [2.75, 3.05) is 11.4 Å². The Morgan fingerprint density at radius 2 is 1.53 bits per heavy atom. The van der Waals surface area contributed by atoms with E-state index in [9.17, 15) is 42.3 Å². The lowest BCUT2D eigenvalue weighted by molar-refractivity contribution is -0.141. The first-order valence-electron chi connectivity index (χ1n) is 15.3. The maximum Gasteiger partial charge on any atom is 0.303 e. The number of para-hydroxylation sites is 1. The van der Waals surface area contributed by atoms with Crippen molar-refractivity contribution >= 4 is 58.5 Å². The van der Waals surface area contributed by atoms with E-state index in [1.807, 2.05) is 0 Å². The normalized spacial score (nSPS) is 29.3. The van der Waals surface area contributed by atoms with E-state index in [-0.39, 0.29) is 41.0 Å². The van der Waals surface area contributed by atoms with Gasteiger partial charge in [0.15, 0.2) is 33.0 Å². The van der Waals surface area contributed by atoms with Crippen LogP contribution in [0, 0.1) is 53.8 Å². The summed E-state index contributed by atoms with van der Waals surface area (Å²) in [5, 5.41) is 20.1. The van der Waals surface area contributed by atoms with E-state index in [1.165, 1.54) is 25.1 Å². The lowest BCUT2D eigenvalue weighted by Gasteiger charge is -2.50. The van der Waals surface area contributed by atoms with Crippen LogP contribution in [0.25, 0.3) is 0 Å². The molecule has 49 heavy (non-hydrogen) atoms. The zero-order valence-corrected chi connectivity index (χ0v) is 27.1. The summed E-state index contributed by atoms with van der Waals surface area (Å²) in [7, 11) is 0. The van der Waals surface area contributed by atoms with Crippen LogP contribution in [0.1, 0.15) is 55.6 Å². The molecule has 0 radical (unpaired) electrons. The molecule has 2 aliphatic carbocycles. The highest BCUT2D eigenvalue weighted by atomic mass is 35.5. The van der Waals surface area contributed by atoms with E-state index in [1.54, 1.807) is 6.08 Å². The summed E-state index contributed by atoms with van der Waals surface area (Å²) in [6.45, 7) is 1.49. The molecule has 2 aliphatic heterocycles. The number of hydrogen-bond acceptors (Lipinski definition) is 6. The Morgan fingerprint density at radius 1 is 0.898 bits per heavy atom. The third-order valence-electron chi connectivity index (χ3n) is 10.2. The number of phenolic OH excluding ortho intramolecular Hbond substituents is 1. The van der Waals surface area contributed by atoms with Gasteiger partial charge in [-0.2, -0.15) is 0 Å². The number of phenols is 1. The Kier molecular flexibility index (Phi) is 8.58. The second-order valence-electron chi connectivity index (χ2n) is 12.7. The molecule has 2 heterocycles. The highest BCUT2D eigenvalue weighted by Gasteiger charge is 2.77.